The number of amides is 1. The second kappa shape index (κ2) is 6.08. The number of rotatable bonds is 5. The molecule has 1 fully saturated rings. The third-order valence-corrected chi connectivity index (χ3v) is 3.14. The molecule has 1 aliphatic rings. The molecule has 0 aromatic rings. The summed E-state index contributed by atoms with van der Waals surface area (Å²) in [6.07, 6.45) is 2.58. The van der Waals surface area contributed by atoms with Crippen LogP contribution in [0.3, 0.4) is 0 Å². The summed E-state index contributed by atoms with van der Waals surface area (Å²) >= 11 is 0. The predicted octanol–water partition coefficient (Wildman–Crippen LogP) is 0.182. The largest absolute Gasteiger partial charge is 0.354 e. The summed E-state index contributed by atoms with van der Waals surface area (Å²) in [5.74, 6) is -0.000625. The molecule has 1 rings (SSSR count). The summed E-state index contributed by atoms with van der Waals surface area (Å²) < 4.78 is 0. The van der Waals surface area contributed by atoms with Crippen molar-refractivity contribution in [2.24, 2.45) is 11.7 Å². The van der Waals surface area contributed by atoms with Crippen LogP contribution >= 0.6 is 0 Å². The lowest BCUT2D eigenvalue weighted by Crippen LogP contribution is -2.43. The molecule has 0 saturated carbocycles. The topological polar surface area (TPSA) is 58.4 Å². The summed E-state index contributed by atoms with van der Waals surface area (Å²) in [6, 6.07) is 0.446. The Morgan fingerprint density at radius 2 is 2.00 bits per heavy atom. The molecule has 0 aromatic carbocycles. The second-order valence-corrected chi connectivity index (χ2v) is 4.47. The molecule has 0 aromatic heterocycles. The highest BCUT2D eigenvalue weighted by Gasteiger charge is 2.19. The van der Waals surface area contributed by atoms with Crippen LogP contribution in [0, 0.1) is 5.92 Å². The highest BCUT2D eigenvalue weighted by Crippen LogP contribution is 2.10. The van der Waals surface area contributed by atoms with Crippen molar-refractivity contribution in [2.75, 3.05) is 26.2 Å². The normalized spacial score (nSPS) is 21.3. The van der Waals surface area contributed by atoms with E-state index in [1.165, 1.54) is 25.9 Å². The molecule has 1 amide bonds. The summed E-state index contributed by atoms with van der Waals surface area (Å²) in [5.41, 5.74) is 5.43. The number of nitrogens with two attached hydrogens (primary N) is 1. The number of likely N-dealkylation sites (tertiary alicyclic amines) is 1. The number of nitrogens with zero attached hydrogens (tertiary/aromatic N) is 1. The molecule has 1 heterocycles. The molecule has 0 aliphatic carbocycles. The summed E-state index contributed by atoms with van der Waals surface area (Å²) in [6.45, 7) is 7.52. The highest BCUT2D eigenvalue weighted by molar-refractivity contribution is 5.78. The standard InChI is InChI=1S/C11H23N3O/c1-9(7-12)11(15)13-8-10(2)14-5-3-4-6-14/h9-10H,3-8,12H2,1-2H3,(H,13,15). The van der Waals surface area contributed by atoms with E-state index < -0.39 is 0 Å². The van der Waals surface area contributed by atoms with Gasteiger partial charge in [0.25, 0.3) is 0 Å². The van der Waals surface area contributed by atoms with Crippen LogP contribution in [0.2, 0.25) is 0 Å². The van der Waals surface area contributed by atoms with Crippen molar-refractivity contribution in [1.82, 2.24) is 10.2 Å². The minimum absolute atomic E-state index is 0.0727. The van der Waals surface area contributed by atoms with Crippen LogP contribution in [0.1, 0.15) is 26.7 Å². The lowest BCUT2D eigenvalue weighted by molar-refractivity contribution is -0.124. The van der Waals surface area contributed by atoms with Crippen molar-refractivity contribution in [1.29, 1.82) is 0 Å². The minimum Gasteiger partial charge on any atom is -0.354 e. The maximum absolute atomic E-state index is 11.5. The van der Waals surface area contributed by atoms with Crippen LogP contribution < -0.4 is 11.1 Å². The molecule has 15 heavy (non-hydrogen) atoms. The number of carbonyl (C=O) groups excluding carboxylic acids is 1. The van der Waals surface area contributed by atoms with Gasteiger partial charge in [-0.05, 0) is 32.9 Å². The van der Waals surface area contributed by atoms with Crippen LogP contribution in [0.15, 0.2) is 0 Å². The van der Waals surface area contributed by atoms with Gasteiger partial charge in [0.05, 0.1) is 0 Å². The Morgan fingerprint density at radius 1 is 1.40 bits per heavy atom. The van der Waals surface area contributed by atoms with Gasteiger partial charge in [-0.3, -0.25) is 9.69 Å². The molecular formula is C11H23N3O. The van der Waals surface area contributed by atoms with Crippen LogP contribution in [0.5, 0.6) is 0 Å². The quantitative estimate of drug-likeness (QED) is 0.685. The first-order valence-corrected chi connectivity index (χ1v) is 5.87. The number of carbonyl (C=O) groups is 1. The number of hydrogen-bond acceptors (Lipinski definition) is 3. The smallest absolute Gasteiger partial charge is 0.224 e. The van der Waals surface area contributed by atoms with Crippen molar-refractivity contribution in [3.63, 3.8) is 0 Å². The fourth-order valence-electron chi connectivity index (χ4n) is 1.84. The third kappa shape index (κ3) is 3.80. The molecule has 4 nitrogen and oxygen atoms in total. The minimum atomic E-state index is -0.0734. The molecule has 2 unspecified atom stereocenters. The first kappa shape index (κ1) is 12.5. The molecule has 0 spiro atoms. The summed E-state index contributed by atoms with van der Waals surface area (Å²) in [5, 5.41) is 2.95. The van der Waals surface area contributed by atoms with Gasteiger partial charge in [0, 0.05) is 25.0 Å². The molecule has 1 saturated heterocycles. The third-order valence-electron chi connectivity index (χ3n) is 3.14. The Bertz CT molecular complexity index is 202. The van der Waals surface area contributed by atoms with Gasteiger partial charge in [0.1, 0.15) is 0 Å². The maximum atomic E-state index is 11.5. The van der Waals surface area contributed by atoms with E-state index in [-0.39, 0.29) is 11.8 Å². The fraction of sp³-hybridized carbons (Fsp3) is 0.909. The van der Waals surface area contributed by atoms with E-state index in [0.29, 0.717) is 12.6 Å². The molecule has 2 atom stereocenters. The van der Waals surface area contributed by atoms with Crippen molar-refractivity contribution in [2.45, 2.75) is 32.7 Å². The van der Waals surface area contributed by atoms with Crippen LogP contribution in [-0.2, 0) is 4.79 Å². The van der Waals surface area contributed by atoms with Gasteiger partial charge in [-0.1, -0.05) is 6.92 Å². The van der Waals surface area contributed by atoms with Gasteiger partial charge in [-0.15, -0.1) is 0 Å². The first-order chi connectivity index (χ1) is 7.15. The summed E-state index contributed by atoms with van der Waals surface area (Å²) in [4.78, 5) is 13.9. The van der Waals surface area contributed by atoms with Crippen LogP contribution in [-0.4, -0.2) is 43.0 Å². The van der Waals surface area contributed by atoms with E-state index in [0.717, 1.165) is 6.54 Å². The van der Waals surface area contributed by atoms with E-state index in [2.05, 4.69) is 17.1 Å². The van der Waals surface area contributed by atoms with Crippen LogP contribution in [0.25, 0.3) is 0 Å². The average Bonchev–Trinajstić information content (AvgIpc) is 2.77. The average molecular weight is 213 g/mol. The molecule has 3 N–H and O–H groups in total. The number of hydrogen-bond donors (Lipinski definition) is 2. The molecule has 0 bridgehead atoms. The zero-order valence-corrected chi connectivity index (χ0v) is 9.83. The molecule has 1 aliphatic heterocycles. The van der Waals surface area contributed by atoms with Gasteiger partial charge in [-0.25, -0.2) is 0 Å². The van der Waals surface area contributed by atoms with Gasteiger partial charge in [0.2, 0.25) is 5.91 Å². The highest BCUT2D eigenvalue weighted by atomic mass is 16.1. The van der Waals surface area contributed by atoms with E-state index >= 15 is 0 Å². The molecule has 0 radical (unpaired) electrons. The zero-order chi connectivity index (χ0) is 11.3. The SMILES string of the molecule is CC(CN)C(=O)NCC(C)N1CCCC1. The van der Waals surface area contributed by atoms with Gasteiger partial charge < -0.3 is 11.1 Å². The lowest BCUT2D eigenvalue weighted by Gasteiger charge is -2.24. The Labute approximate surface area is 92.2 Å². The first-order valence-electron chi connectivity index (χ1n) is 5.87. The van der Waals surface area contributed by atoms with E-state index in [4.69, 9.17) is 5.73 Å². The van der Waals surface area contributed by atoms with Crippen molar-refractivity contribution in [3.8, 4) is 0 Å². The fourth-order valence-corrected chi connectivity index (χ4v) is 1.84. The van der Waals surface area contributed by atoms with Crippen LogP contribution in [0.4, 0.5) is 0 Å². The Balaban J connectivity index is 2.20. The second-order valence-electron chi connectivity index (χ2n) is 4.47. The van der Waals surface area contributed by atoms with E-state index in [1.54, 1.807) is 0 Å². The number of nitrogens with one attached hydrogen (secondary N) is 1. The van der Waals surface area contributed by atoms with Crippen molar-refractivity contribution in [3.05, 3.63) is 0 Å². The van der Waals surface area contributed by atoms with E-state index in [9.17, 15) is 4.79 Å². The Hall–Kier alpha value is -0.610. The van der Waals surface area contributed by atoms with Gasteiger partial charge in [0.15, 0.2) is 0 Å². The van der Waals surface area contributed by atoms with E-state index in [1.807, 2.05) is 6.92 Å². The Morgan fingerprint density at radius 3 is 2.53 bits per heavy atom. The molecule has 88 valence electrons. The predicted molar refractivity (Wildman–Crippen MR) is 61.5 cm³/mol. The lowest BCUT2D eigenvalue weighted by atomic mass is 10.1. The monoisotopic (exact) mass is 213 g/mol. The Kier molecular flexibility index (Phi) is 5.05. The summed E-state index contributed by atoms with van der Waals surface area (Å²) in [7, 11) is 0. The maximum Gasteiger partial charge on any atom is 0.224 e. The zero-order valence-electron chi connectivity index (χ0n) is 9.83. The van der Waals surface area contributed by atoms with Gasteiger partial charge in [-0.2, -0.15) is 0 Å². The van der Waals surface area contributed by atoms with Crippen molar-refractivity contribution >= 4 is 5.91 Å². The van der Waals surface area contributed by atoms with Crippen molar-refractivity contribution < 1.29 is 4.79 Å². The molecular weight excluding hydrogens is 190 g/mol. The van der Waals surface area contributed by atoms with Gasteiger partial charge >= 0.3 is 0 Å². The molecule has 4 heteroatoms.